The van der Waals surface area contributed by atoms with Gasteiger partial charge in [-0.3, -0.25) is 4.21 Å². The van der Waals surface area contributed by atoms with Gasteiger partial charge in [0.25, 0.3) is 0 Å². The van der Waals surface area contributed by atoms with Crippen molar-refractivity contribution in [3.05, 3.63) is 0 Å². The van der Waals surface area contributed by atoms with E-state index in [2.05, 4.69) is 5.32 Å². The van der Waals surface area contributed by atoms with Gasteiger partial charge in [0.2, 0.25) is 0 Å². The van der Waals surface area contributed by atoms with Gasteiger partial charge in [-0.2, -0.15) is 0 Å². The molecule has 6 heteroatoms. The summed E-state index contributed by atoms with van der Waals surface area (Å²) in [6, 6.07) is 1.10. The molecule has 0 aromatic carbocycles. The molecule has 3 atom stereocenters. The number of rotatable bonds is 5. The molecular weight excluding hydrogens is 300 g/mol. The summed E-state index contributed by atoms with van der Waals surface area (Å²) >= 11 is 0. The Morgan fingerprint density at radius 3 is 2.36 bits per heavy atom. The minimum absolute atomic E-state index is 0.153. The molecule has 2 aliphatic heterocycles. The topological polar surface area (TPSA) is 58.6 Å². The van der Waals surface area contributed by atoms with Gasteiger partial charge < -0.3 is 15.0 Å². The number of ether oxygens (including phenoxy) is 1. The monoisotopic (exact) mass is 330 g/mol. The molecule has 2 aliphatic rings. The van der Waals surface area contributed by atoms with Crippen LogP contribution in [0.5, 0.6) is 0 Å². The zero-order valence-corrected chi connectivity index (χ0v) is 15.1. The second-order valence-electron chi connectivity index (χ2n) is 7.53. The molecule has 128 valence electrons. The summed E-state index contributed by atoms with van der Waals surface area (Å²) in [4.78, 5) is 14.3. The molecule has 1 amide bonds. The van der Waals surface area contributed by atoms with Crippen molar-refractivity contribution in [2.24, 2.45) is 0 Å². The third-order valence-electron chi connectivity index (χ3n) is 4.38. The molecular formula is C16H30N2O3S. The number of fused-ring (bicyclic) bond motifs is 2. The summed E-state index contributed by atoms with van der Waals surface area (Å²) in [6.45, 7) is 6.66. The highest BCUT2D eigenvalue weighted by Gasteiger charge is 2.44. The fourth-order valence-electron chi connectivity index (χ4n) is 3.54. The molecule has 2 fully saturated rings. The van der Waals surface area contributed by atoms with Crippen LogP contribution in [0.15, 0.2) is 0 Å². The summed E-state index contributed by atoms with van der Waals surface area (Å²) < 4.78 is 16.6. The Labute approximate surface area is 136 Å². The maximum atomic E-state index is 12.4. The normalized spacial score (nSPS) is 29.5. The quantitative estimate of drug-likeness (QED) is 0.786. The highest BCUT2D eigenvalue weighted by Crippen LogP contribution is 2.36. The molecule has 0 saturated carbocycles. The predicted molar refractivity (Wildman–Crippen MR) is 89.5 cm³/mol. The Balaban J connectivity index is 1.81. The maximum Gasteiger partial charge on any atom is 0.410 e. The fraction of sp³-hybridized carbons (Fsp3) is 0.938. The fourth-order valence-corrected chi connectivity index (χ4v) is 4.09. The summed E-state index contributed by atoms with van der Waals surface area (Å²) in [5.41, 5.74) is -0.429. The van der Waals surface area contributed by atoms with Crippen LogP contribution in [0.25, 0.3) is 0 Å². The van der Waals surface area contributed by atoms with Crippen LogP contribution < -0.4 is 5.32 Å². The van der Waals surface area contributed by atoms with Crippen molar-refractivity contribution in [1.82, 2.24) is 10.2 Å². The van der Waals surface area contributed by atoms with Crippen molar-refractivity contribution in [1.29, 1.82) is 0 Å². The van der Waals surface area contributed by atoms with Crippen LogP contribution in [-0.4, -0.2) is 57.5 Å². The van der Waals surface area contributed by atoms with E-state index in [4.69, 9.17) is 4.74 Å². The van der Waals surface area contributed by atoms with Gasteiger partial charge in [-0.05, 0) is 59.4 Å². The number of nitrogens with one attached hydrogen (secondary N) is 1. The van der Waals surface area contributed by atoms with Gasteiger partial charge in [-0.25, -0.2) is 4.79 Å². The molecule has 2 heterocycles. The van der Waals surface area contributed by atoms with E-state index in [-0.39, 0.29) is 6.09 Å². The van der Waals surface area contributed by atoms with Crippen molar-refractivity contribution >= 4 is 16.9 Å². The van der Waals surface area contributed by atoms with Crippen molar-refractivity contribution in [3.8, 4) is 0 Å². The SMILES string of the molecule is CS(=O)CCCNC1CC2CCC(C1)N2C(=O)OC(C)(C)C. The first-order chi connectivity index (χ1) is 10.3. The first kappa shape index (κ1) is 17.7. The molecule has 2 bridgehead atoms. The highest BCUT2D eigenvalue weighted by molar-refractivity contribution is 7.84. The lowest BCUT2D eigenvalue weighted by atomic mass is 9.97. The third kappa shape index (κ3) is 4.95. The lowest BCUT2D eigenvalue weighted by molar-refractivity contribution is 0.00476. The number of nitrogens with zero attached hydrogens (tertiary/aromatic N) is 1. The smallest absolute Gasteiger partial charge is 0.410 e. The molecule has 0 aliphatic carbocycles. The van der Waals surface area contributed by atoms with Gasteiger partial charge >= 0.3 is 6.09 Å². The molecule has 22 heavy (non-hydrogen) atoms. The molecule has 1 N–H and O–H groups in total. The Kier molecular flexibility index (Phi) is 5.88. The minimum atomic E-state index is -0.705. The molecule has 0 radical (unpaired) electrons. The number of hydrogen-bond donors (Lipinski definition) is 1. The van der Waals surface area contributed by atoms with Crippen molar-refractivity contribution in [2.75, 3.05) is 18.6 Å². The van der Waals surface area contributed by atoms with E-state index in [1.807, 2.05) is 25.7 Å². The summed E-state index contributed by atoms with van der Waals surface area (Å²) in [5.74, 6) is 0.761. The standard InChI is InChI=1S/C16H30N2O3S/c1-16(2,3)21-15(19)18-13-6-7-14(18)11-12(10-13)17-8-5-9-22(4)20/h12-14,17H,5-11H2,1-4H3. The second-order valence-corrected chi connectivity index (χ2v) is 9.08. The zero-order valence-electron chi connectivity index (χ0n) is 14.3. The van der Waals surface area contributed by atoms with Crippen molar-refractivity contribution in [2.45, 2.75) is 76.6 Å². The summed E-state index contributed by atoms with van der Waals surface area (Å²) in [5, 5.41) is 3.57. The molecule has 3 unspecified atom stereocenters. The van der Waals surface area contributed by atoms with Gasteiger partial charge in [0.05, 0.1) is 0 Å². The number of carbonyl (C=O) groups is 1. The van der Waals surface area contributed by atoms with Crippen LogP contribution in [-0.2, 0) is 15.5 Å². The Bertz CT molecular complexity index is 408. The Hall–Kier alpha value is -0.620. The van der Waals surface area contributed by atoms with E-state index in [1.165, 1.54) is 0 Å². The largest absolute Gasteiger partial charge is 0.444 e. The Morgan fingerprint density at radius 2 is 1.86 bits per heavy atom. The predicted octanol–water partition coefficient (Wildman–Crippen LogP) is 2.28. The van der Waals surface area contributed by atoms with Gasteiger partial charge in [0.15, 0.2) is 0 Å². The molecule has 0 aromatic heterocycles. The van der Waals surface area contributed by atoms with E-state index in [1.54, 1.807) is 6.26 Å². The van der Waals surface area contributed by atoms with E-state index in [0.29, 0.717) is 18.1 Å². The van der Waals surface area contributed by atoms with Crippen LogP contribution in [0, 0.1) is 0 Å². The number of amides is 1. The minimum Gasteiger partial charge on any atom is -0.444 e. The van der Waals surface area contributed by atoms with E-state index in [9.17, 15) is 9.00 Å². The number of piperidine rings is 1. The zero-order chi connectivity index (χ0) is 16.3. The second kappa shape index (κ2) is 7.30. The van der Waals surface area contributed by atoms with Gasteiger partial charge in [-0.15, -0.1) is 0 Å². The van der Waals surface area contributed by atoms with Crippen molar-refractivity contribution < 1.29 is 13.7 Å². The molecule has 0 spiro atoms. The first-order valence-corrected chi connectivity index (χ1v) is 10.0. The van der Waals surface area contributed by atoms with Crippen LogP contribution in [0.1, 0.15) is 52.9 Å². The average Bonchev–Trinajstić information content (AvgIpc) is 2.64. The van der Waals surface area contributed by atoms with E-state index < -0.39 is 16.4 Å². The molecule has 2 saturated heterocycles. The third-order valence-corrected chi connectivity index (χ3v) is 5.24. The lowest BCUT2D eigenvalue weighted by Gasteiger charge is -2.39. The molecule has 2 rings (SSSR count). The Morgan fingerprint density at radius 1 is 1.27 bits per heavy atom. The van der Waals surface area contributed by atoms with E-state index in [0.717, 1.165) is 44.4 Å². The van der Waals surface area contributed by atoms with Crippen LogP contribution in [0.3, 0.4) is 0 Å². The summed E-state index contributed by atoms with van der Waals surface area (Å²) in [6.07, 6.45) is 6.72. The van der Waals surface area contributed by atoms with E-state index >= 15 is 0 Å². The van der Waals surface area contributed by atoms with Gasteiger partial charge in [-0.1, -0.05) is 0 Å². The van der Waals surface area contributed by atoms with Crippen LogP contribution in [0.4, 0.5) is 4.79 Å². The summed E-state index contributed by atoms with van der Waals surface area (Å²) in [7, 11) is -0.705. The molecule has 5 nitrogen and oxygen atoms in total. The van der Waals surface area contributed by atoms with Crippen LogP contribution >= 0.6 is 0 Å². The van der Waals surface area contributed by atoms with Gasteiger partial charge in [0, 0.05) is 40.9 Å². The highest BCUT2D eigenvalue weighted by atomic mass is 32.2. The number of hydrogen-bond acceptors (Lipinski definition) is 4. The van der Waals surface area contributed by atoms with Crippen LogP contribution in [0.2, 0.25) is 0 Å². The number of carbonyl (C=O) groups excluding carboxylic acids is 1. The first-order valence-electron chi connectivity index (χ1n) is 8.31. The van der Waals surface area contributed by atoms with Crippen molar-refractivity contribution in [3.63, 3.8) is 0 Å². The van der Waals surface area contributed by atoms with Gasteiger partial charge in [0.1, 0.15) is 5.60 Å². The molecule has 0 aromatic rings. The lowest BCUT2D eigenvalue weighted by Crippen LogP contribution is -2.52. The average molecular weight is 330 g/mol. The maximum absolute atomic E-state index is 12.4.